The van der Waals surface area contributed by atoms with E-state index in [0.29, 0.717) is 57.1 Å². The van der Waals surface area contributed by atoms with Crippen LogP contribution in [0.5, 0.6) is 11.5 Å². The number of anilines is 1. The SMILES string of the molecule is O=C1COc2c(CCNCCN(C(=O)CCOCCc3cccc(CN4CCC5(CC4)CN(C[C@@H]4C[C@H]4c4ccccc4)CCO5)c3)C3CCCCC3)ccc(O)c2N1. The second-order valence-corrected chi connectivity index (χ2v) is 17.7. The number of carbonyl (C=O) groups is 2. The maximum Gasteiger partial charge on any atom is 0.262 e. The number of morpholine rings is 1. The standard InChI is InChI=1S/C48H65N5O6/c54-43-15-14-39(47-46(43)50-44(55)34-58-47)16-21-49-22-25-53(41-12-5-2-6-13-41)45(56)18-28-57-27-17-36-8-7-9-37(30-36)32-51-23-19-48(20-24-51)35-52(26-29-59-48)33-40-31-42(40)38-10-3-1-4-11-38/h1,3-4,7-11,14-15,30,40-42,49,54H,2,5-6,12-13,16-29,31-35H2,(H,50,55)/t40-,42-/m0/s1. The van der Waals surface area contributed by atoms with Crippen LogP contribution >= 0.6 is 0 Å². The number of phenols is 1. The molecule has 4 fully saturated rings. The molecule has 318 valence electrons. The zero-order valence-electron chi connectivity index (χ0n) is 34.9. The van der Waals surface area contributed by atoms with Crippen molar-refractivity contribution in [3.05, 3.63) is 89.0 Å². The van der Waals surface area contributed by atoms with E-state index in [0.717, 1.165) is 88.8 Å². The number of amides is 2. The molecule has 5 aliphatic rings. The van der Waals surface area contributed by atoms with E-state index in [9.17, 15) is 14.7 Å². The Morgan fingerprint density at radius 3 is 2.61 bits per heavy atom. The summed E-state index contributed by atoms with van der Waals surface area (Å²) in [6, 6.07) is 23.7. The Morgan fingerprint density at radius 2 is 1.76 bits per heavy atom. The van der Waals surface area contributed by atoms with Gasteiger partial charge in [0.1, 0.15) is 11.4 Å². The number of carbonyl (C=O) groups excluding carboxylic acids is 2. The van der Waals surface area contributed by atoms with Gasteiger partial charge in [0.05, 0.1) is 31.8 Å². The molecule has 11 nitrogen and oxygen atoms in total. The number of hydrogen-bond acceptors (Lipinski definition) is 9. The number of fused-ring (bicyclic) bond motifs is 1. The van der Waals surface area contributed by atoms with Crippen LogP contribution in [0.15, 0.2) is 66.7 Å². The molecule has 2 aliphatic carbocycles. The number of hydrogen-bond donors (Lipinski definition) is 3. The molecular formula is C48H65N5O6. The number of aromatic hydroxyl groups is 1. The zero-order valence-corrected chi connectivity index (χ0v) is 34.9. The number of nitrogens with zero attached hydrogens (tertiary/aromatic N) is 3. The molecule has 0 radical (unpaired) electrons. The Morgan fingerprint density at radius 1 is 0.932 bits per heavy atom. The smallest absolute Gasteiger partial charge is 0.262 e. The lowest BCUT2D eigenvalue weighted by Crippen LogP contribution is -2.57. The van der Waals surface area contributed by atoms with Crippen LogP contribution in [0.4, 0.5) is 5.69 Å². The number of nitrogens with one attached hydrogen (secondary N) is 2. The van der Waals surface area contributed by atoms with Gasteiger partial charge in [0, 0.05) is 58.4 Å². The van der Waals surface area contributed by atoms with Gasteiger partial charge in [0.2, 0.25) is 5.91 Å². The van der Waals surface area contributed by atoms with Crippen LogP contribution in [0.25, 0.3) is 0 Å². The highest BCUT2D eigenvalue weighted by atomic mass is 16.5. The molecule has 3 heterocycles. The minimum absolute atomic E-state index is 0.00458. The molecule has 2 atom stereocenters. The fourth-order valence-corrected chi connectivity index (χ4v) is 9.99. The van der Waals surface area contributed by atoms with Crippen molar-refractivity contribution in [2.75, 3.05) is 84.1 Å². The number of phenolic OH excluding ortho intramolecular Hbond substituents is 1. The van der Waals surface area contributed by atoms with Crippen molar-refractivity contribution in [3.63, 3.8) is 0 Å². The molecule has 3 aromatic carbocycles. The minimum Gasteiger partial charge on any atom is -0.506 e. The van der Waals surface area contributed by atoms with Crippen LogP contribution in [-0.4, -0.2) is 122 Å². The van der Waals surface area contributed by atoms with Gasteiger partial charge >= 0.3 is 0 Å². The van der Waals surface area contributed by atoms with Gasteiger partial charge in [0.15, 0.2) is 12.4 Å². The monoisotopic (exact) mass is 807 g/mol. The molecule has 3 N–H and O–H groups in total. The van der Waals surface area contributed by atoms with Gasteiger partial charge in [-0.3, -0.25) is 19.4 Å². The number of rotatable bonds is 18. The summed E-state index contributed by atoms with van der Waals surface area (Å²) in [4.78, 5) is 32.7. The molecule has 0 aromatic heterocycles. The lowest BCUT2D eigenvalue weighted by Gasteiger charge is -2.47. The molecule has 0 bridgehead atoms. The highest BCUT2D eigenvalue weighted by molar-refractivity contribution is 5.97. The summed E-state index contributed by atoms with van der Waals surface area (Å²) in [6.45, 7) is 10.3. The summed E-state index contributed by atoms with van der Waals surface area (Å²) in [5.74, 6) is 1.96. The first-order valence-corrected chi connectivity index (χ1v) is 22.5. The first kappa shape index (κ1) is 41.7. The van der Waals surface area contributed by atoms with Gasteiger partial charge in [-0.25, -0.2) is 0 Å². The van der Waals surface area contributed by atoms with Crippen LogP contribution in [0.3, 0.4) is 0 Å². The number of likely N-dealkylation sites (tertiary alicyclic amines) is 1. The van der Waals surface area contributed by atoms with Crippen molar-refractivity contribution in [2.45, 2.75) is 94.7 Å². The molecule has 59 heavy (non-hydrogen) atoms. The fourth-order valence-electron chi connectivity index (χ4n) is 9.99. The second kappa shape index (κ2) is 20.0. The normalized spacial score (nSPS) is 22.1. The van der Waals surface area contributed by atoms with Crippen LogP contribution in [0.2, 0.25) is 0 Å². The van der Waals surface area contributed by atoms with Crippen LogP contribution < -0.4 is 15.4 Å². The first-order valence-electron chi connectivity index (χ1n) is 22.5. The highest BCUT2D eigenvalue weighted by Crippen LogP contribution is 2.48. The molecule has 2 saturated heterocycles. The topological polar surface area (TPSA) is 116 Å². The van der Waals surface area contributed by atoms with Crippen molar-refractivity contribution in [2.24, 2.45) is 5.92 Å². The minimum atomic E-state index is -0.272. The van der Waals surface area contributed by atoms with E-state index in [4.69, 9.17) is 14.2 Å². The number of ether oxygens (including phenoxy) is 3. The molecule has 3 aromatic rings. The van der Waals surface area contributed by atoms with Gasteiger partial charge in [-0.15, -0.1) is 0 Å². The van der Waals surface area contributed by atoms with E-state index in [2.05, 4.69) is 79.9 Å². The maximum atomic E-state index is 13.6. The molecule has 2 saturated carbocycles. The molecule has 0 unspecified atom stereocenters. The molecule has 2 amide bonds. The molecule has 8 rings (SSSR count). The maximum absolute atomic E-state index is 13.6. The number of piperidine rings is 1. The first-order chi connectivity index (χ1) is 28.9. The van der Waals surface area contributed by atoms with Crippen molar-refractivity contribution in [1.82, 2.24) is 20.0 Å². The lowest BCUT2D eigenvalue weighted by molar-refractivity contribution is -0.137. The third-order valence-electron chi connectivity index (χ3n) is 13.4. The van der Waals surface area contributed by atoms with Crippen molar-refractivity contribution < 1.29 is 28.9 Å². The van der Waals surface area contributed by atoms with E-state index in [1.54, 1.807) is 6.07 Å². The van der Waals surface area contributed by atoms with E-state index in [1.807, 2.05) is 6.07 Å². The van der Waals surface area contributed by atoms with E-state index < -0.39 is 0 Å². The summed E-state index contributed by atoms with van der Waals surface area (Å²) in [5.41, 5.74) is 5.40. The Hall–Kier alpha value is -4.00. The van der Waals surface area contributed by atoms with E-state index in [-0.39, 0.29) is 35.8 Å². The second-order valence-electron chi connectivity index (χ2n) is 17.7. The predicted molar refractivity (Wildman–Crippen MR) is 230 cm³/mol. The van der Waals surface area contributed by atoms with Gasteiger partial charge in [-0.1, -0.05) is 79.9 Å². The fraction of sp³-hybridized carbons (Fsp3) is 0.583. The van der Waals surface area contributed by atoms with Gasteiger partial charge < -0.3 is 34.9 Å². The van der Waals surface area contributed by atoms with Gasteiger partial charge in [-0.2, -0.15) is 0 Å². The van der Waals surface area contributed by atoms with Crippen LogP contribution in [0, 0.1) is 5.92 Å². The molecular weight excluding hydrogens is 743 g/mol. The van der Waals surface area contributed by atoms with Crippen LogP contribution in [-0.2, 0) is 38.4 Å². The Bertz CT molecular complexity index is 1840. The summed E-state index contributed by atoms with van der Waals surface area (Å²) in [7, 11) is 0. The third kappa shape index (κ3) is 11.2. The molecule has 3 aliphatic heterocycles. The summed E-state index contributed by atoms with van der Waals surface area (Å²) in [6.07, 6.45) is 11.1. The zero-order chi connectivity index (χ0) is 40.4. The number of benzene rings is 3. The Kier molecular flexibility index (Phi) is 14.2. The van der Waals surface area contributed by atoms with Crippen molar-refractivity contribution >= 4 is 17.5 Å². The third-order valence-corrected chi connectivity index (χ3v) is 13.4. The Labute approximate surface area is 350 Å². The molecule has 1 spiro atoms. The van der Waals surface area contributed by atoms with Gasteiger partial charge in [0.25, 0.3) is 5.91 Å². The largest absolute Gasteiger partial charge is 0.506 e. The average molecular weight is 808 g/mol. The van der Waals surface area contributed by atoms with Crippen molar-refractivity contribution in [3.8, 4) is 11.5 Å². The lowest BCUT2D eigenvalue weighted by atomic mass is 9.89. The van der Waals surface area contributed by atoms with E-state index in [1.165, 1.54) is 48.9 Å². The highest BCUT2D eigenvalue weighted by Gasteiger charge is 2.44. The van der Waals surface area contributed by atoms with Gasteiger partial charge in [-0.05, 0) is 91.6 Å². The summed E-state index contributed by atoms with van der Waals surface area (Å²) < 4.78 is 18.2. The van der Waals surface area contributed by atoms with E-state index >= 15 is 0 Å². The predicted octanol–water partition coefficient (Wildman–Crippen LogP) is 6.14. The Balaban J connectivity index is 0.728. The quantitative estimate of drug-likeness (QED) is 0.103. The summed E-state index contributed by atoms with van der Waals surface area (Å²) in [5, 5.41) is 16.4. The van der Waals surface area contributed by atoms with Crippen molar-refractivity contribution in [1.29, 1.82) is 0 Å². The van der Waals surface area contributed by atoms with Crippen LogP contribution in [0.1, 0.15) is 86.0 Å². The molecule has 11 heteroatoms. The summed E-state index contributed by atoms with van der Waals surface area (Å²) >= 11 is 0. The average Bonchev–Trinajstić information content (AvgIpc) is 4.03.